The maximum atomic E-state index is 12.1. The Morgan fingerprint density at radius 2 is 1.57 bits per heavy atom. The van der Waals surface area contributed by atoms with E-state index in [0.717, 1.165) is 0 Å². The zero-order chi connectivity index (χ0) is 16.8. The molecule has 4 heteroatoms. The van der Waals surface area contributed by atoms with Gasteiger partial charge in [-0.2, -0.15) is 0 Å². The van der Waals surface area contributed by atoms with Crippen LogP contribution < -0.4 is 4.74 Å². The highest BCUT2D eigenvalue weighted by Crippen LogP contribution is 2.28. The van der Waals surface area contributed by atoms with Crippen LogP contribution in [-0.4, -0.2) is 23.5 Å². The van der Waals surface area contributed by atoms with Gasteiger partial charge in [0.2, 0.25) is 0 Å². The second kappa shape index (κ2) is 7.40. The fourth-order valence-electron chi connectivity index (χ4n) is 2.25. The smallest absolute Gasteiger partial charge is 0.336 e. The minimum absolute atomic E-state index is 0.142. The minimum Gasteiger partial charge on any atom is -0.485 e. The molecule has 0 saturated heterocycles. The van der Waals surface area contributed by atoms with E-state index >= 15 is 0 Å². The van der Waals surface area contributed by atoms with Gasteiger partial charge < -0.3 is 9.84 Å². The van der Waals surface area contributed by atoms with Crippen LogP contribution in [0.1, 0.15) is 29.8 Å². The number of rotatable bonds is 6. The summed E-state index contributed by atoms with van der Waals surface area (Å²) in [7, 11) is 0. The van der Waals surface area contributed by atoms with Gasteiger partial charge in [-0.15, -0.1) is 0 Å². The van der Waals surface area contributed by atoms with Crippen LogP contribution in [0.5, 0.6) is 5.75 Å². The normalized spacial score (nSPS) is 10.0. The maximum Gasteiger partial charge on any atom is 0.336 e. The van der Waals surface area contributed by atoms with Crippen molar-refractivity contribution < 1.29 is 19.4 Å². The number of ketones is 1. The van der Waals surface area contributed by atoms with Crippen molar-refractivity contribution in [3.8, 4) is 5.75 Å². The standard InChI is InChI=1S/C19H18O4/c1-13(2)18(19(21)22)15-10-6-7-11-17(15)23-12-16(20)14-8-4-3-5-9-14/h3-11H,12H2,1-2H3,(H,21,22). The molecule has 118 valence electrons. The van der Waals surface area contributed by atoms with Gasteiger partial charge in [0, 0.05) is 11.1 Å². The lowest BCUT2D eigenvalue weighted by atomic mass is 10.0. The number of carboxylic acid groups (broad SMARTS) is 1. The van der Waals surface area contributed by atoms with E-state index in [1.165, 1.54) is 0 Å². The molecule has 2 aromatic carbocycles. The van der Waals surface area contributed by atoms with Gasteiger partial charge >= 0.3 is 5.97 Å². The molecule has 0 atom stereocenters. The summed E-state index contributed by atoms with van der Waals surface area (Å²) in [5.41, 5.74) is 1.89. The molecule has 0 saturated carbocycles. The zero-order valence-corrected chi connectivity index (χ0v) is 13.1. The summed E-state index contributed by atoms with van der Waals surface area (Å²) in [6, 6.07) is 15.7. The highest BCUT2D eigenvalue weighted by atomic mass is 16.5. The molecule has 0 aliphatic rings. The van der Waals surface area contributed by atoms with Crippen LogP contribution >= 0.6 is 0 Å². The number of aliphatic carboxylic acids is 1. The van der Waals surface area contributed by atoms with Crippen molar-refractivity contribution in [2.45, 2.75) is 13.8 Å². The Morgan fingerprint density at radius 1 is 0.957 bits per heavy atom. The lowest BCUT2D eigenvalue weighted by Crippen LogP contribution is -2.13. The molecule has 0 aliphatic carbocycles. The summed E-state index contributed by atoms with van der Waals surface area (Å²) in [6.45, 7) is 3.32. The minimum atomic E-state index is -1.02. The van der Waals surface area contributed by atoms with Gasteiger partial charge in [0.1, 0.15) is 5.75 Å². The van der Waals surface area contributed by atoms with E-state index < -0.39 is 5.97 Å². The number of carbonyl (C=O) groups excluding carboxylic acids is 1. The van der Waals surface area contributed by atoms with E-state index in [4.69, 9.17) is 4.74 Å². The Hall–Kier alpha value is -2.88. The zero-order valence-electron chi connectivity index (χ0n) is 13.1. The van der Waals surface area contributed by atoms with Gasteiger partial charge in [0.05, 0.1) is 5.57 Å². The summed E-state index contributed by atoms with van der Waals surface area (Å²) in [5, 5.41) is 9.40. The fourth-order valence-corrected chi connectivity index (χ4v) is 2.25. The van der Waals surface area contributed by atoms with Crippen LogP contribution in [0.4, 0.5) is 0 Å². The largest absolute Gasteiger partial charge is 0.485 e. The number of Topliss-reactive ketones (excluding diaryl/α,β-unsaturated/α-hetero) is 1. The SMILES string of the molecule is CC(C)=C(C(=O)O)c1ccccc1OCC(=O)c1ccccc1. The van der Waals surface area contributed by atoms with E-state index in [0.29, 0.717) is 22.4 Å². The Labute approximate surface area is 135 Å². The topological polar surface area (TPSA) is 63.6 Å². The molecule has 2 aromatic rings. The number of ether oxygens (including phenoxy) is 1. The molecule has 0 amide bonds. The monoisotopic (exact) mass is 310 g/mol. The third-order valence-corrected chi connectivity index (χ3v) is 3.32. The van der Waals surface area contributed by atoms with Gasteiger partial charge in [0.25, 0.3) is 0 Å². The number of allylic oxidation sites excluding steroid dienone is 1. The second-order valence-corrected chi connectivity index (χ2v) is 5.25. The summed E-state index contributed by atoms with van der Waals surface area (Å²) in [4.78, 5) is 23.6. The van der Waals surface area contributed by atoms with Crippen molar-refractivity contribution >= 4 is 17.3 Å². The van der Waals surface area contributed by atoms with Gasteiger partial charge in [-0.05, 0) is 19.9 Å². The summed E-state index contributed by atoms with van der Waals surface area (Å²) < 4.78 is 5.59. The lowest BCUT2D eigenvalue weighted by molar-refractivity contribution is -0.130. The molecule has 4 nitrogen and oxygen atoms in total. The molecular weight excluding hydrogens is 292 g/mol. The Balaban J connectivity index is 2.23. The molecule has 2 rings (SSSR count). The van der Waals surface area contributed by atoms with E-state index in [9.17, 15) is 14.7 Å². The molecule has 0 bridgehead atoms. The first-order chi connectivity index (χ1) is 11.0. The van der Waals surface area contributed by atoms with Crippen molar-refractivity contribution in [2.75, 3.05) is 6.61 Å². The van der Waals surface area contributed by atoms with Crippen LogP contribution in [0.25, 0.3) is 5.57 Å². The van der Waals surface area contributed by atoms with E-state index in [1.807, 2.05) is 6.07 Å². The maximum absolute atomic E-state index is 12.1. The fraction of sp³-hybridized carbons (Fsp3) is 0.158. The molecule has 0 radical (unpaired) electrons. The van der Waals surface area contributed by atoms with E-state index in [1.54, 1.807) is 62.4 Å². The molecule has 0 aromatic heterocycles. The van der Waals surface area contributed by atoms with Gasteiger partial charge in [-0.25, -0.2) is 4.79 Å². The lowest BCUT2D eigenvalue weighted by Gasteiger charge is -2.12. The second-order valence-electron chi connectivity index (χ2n) is 5.25. The summed E-state index contributed by atoms with van der Waals surface area (Å²) in [5.74, 6) is -0.791. The van der Waals surface area contributed by atoms with Crippen molar-refractivity contribution in [3.63, 3.8) is 0 Å². The van der Waals surface area contributed by atoms with Crippen LogP contribution in [0, 0.1) is 0 Å². The number of benzene rings is 2. The van der Waals surface area contributed by atoms with Crippen LogP contribution in [-0.2, 0) is 4.79 Å². The van der Waals surface area contributed by atoms with Gasteiger partial charge in [-0.1, -0.05) is 54.1 Å². The van der Waals surface area contributed by atoms with Crippen molar-refractivity contribution in [1.29, 1.82) is 0 Å². The highest BCUT2D eigenvalue weighted by molar-refractivity contribution is 6.17. The molecule has 23 heavy (non-hydrogen) atoms. The van der Waals surface area contributed by atoms with E-state index in [2.05, 4.69) is 0 Å². The third-order valence-electron chi connectivity index (χ3n) is 3.32. The van der Waals surface area contributed by atoms with Crippen molar-refractivity contribution in [2.24, 2.45) is 0 Å². The van der Waals surface area contributed by atoms with Crippen LogP contribution in [0.15, 0.2) is 60.2 Å². The Bertz CT molecular complexity index is 741. The number of hydrogen-bond acceptors (Lipinski definition) is 3. The average molecular weight is 310 g/mol. The van der Waals surface area contributed by atoms with Crippen molar-refractivity contribution in [3.05, 3.63) is 71.3 Å². The molecule has 0 spiro atoms. The Kier molecular flexibility index (Phi) is 5.31. The molecule has 0 aliphatic heterocycles. The molecule has 0 fully saturated rings. The first-order valence-electron chi connectivity index (χ1n) is 7.22. The number of carboxylic acids is 1. The first kappa shape index (κ1) is 16.5. The summed E-state index contributed by atoms with van der Waals surface area (Å²) in [6.07, 6.45) is 0. The first-order valence-corrected chi connectivity index (χ1v) is 7.22. The van der Waals surface area contributed by atoms with Gasteiger partial charge in [-0.3, -0.25) is 4.79 Å². The molecular formula is C19H18O4. The number of para-hydroxylation sites is 1. The quantitative estimate of drug-likeness (QED) is 0.650. The number of carbonyl (C=O) groups is 2. The highest BCUT2D eigenvalue weighted by Gasteiger charge is 2.17. The van der Waals surface area contributed by atoms with Crippen molar-refractivity contribution in [1.82, 2.24) is 0 Å². The number of hydrogen-bond donors (Lipinski definition) is 1. The van der Waals surface area contributed by atoms with E-state index in [-0.39, 0.29) is 18.0 Å². The molecule has 0 unspecified atom stereocenters. The predicted octanol–water partition coefficient (Wildman–Crippen LogP) is 3.83. The Morgan fingerprint density at radius 3 is 2.17 bits per heavy atom. The predicted molar refractivity (Wildman–Crippen MR) is 88.6 cm³/mol. The third kappa shape index (κ3) is 4.07. The van der Waals surface area contributed by atoms with Gasteiger partial charge in [0.15, 0.2) is 12.4 Å². The average Bonchev–Trinajstić information content (AvgIpc) is 2.54. The van der Waals surface area contributed by atoms with Crippen LogP contribution in [0.2, 0.25) is 0 Å². The van der Waals surface area contributed by atoms with Crippen LogP contribution in [0.3, 0.4) is 0 Å². The molecule has 0 heterocycles. The summed E-state index contributed by atoms with van der Waals surface area (Å²) >= 11 is 0. The molecule has 1 N–H and O–H groups in total.